The van der Waals surface area contributed by atoms with Crippen LogP contribution in [0.25, 0.3) is 0 Å². The molecule has 0 heterocycles. The van der Waals surface area contributed by atoms with Crippen LogP contribution in [-0.4, -0.2) is 22.9 Å². The summed E-state index contributed by atoms with van der Waals surface area (Å²) in [4.78, 5) is 9.76. The molecule has 0 saturated carbocycles. The Morgan fingerprint density at radius 2 is 1.56 bits per heavy atom. The monoisotopic (exact) mass is 307 g/mol. The number of carboxylic acids is 1. The molecule has 0 radical (unpaired) electrons. The van der Waals surface area contributed by atoms with E-state index in [-0.39, 0.29) is 22.8 Å². The summed E-state index contributed by atoms with van der Waals surface area (Å²) in [5.41, 5.74) is 4.94. The molecule has 3 N–H and O–H groups in total. The maximum atomic E-state index is 9.76. The number of hydrogen-bond acceptors (Lipinski definition) is 3. The van der Waals surface area contributed by atoms with Gasteiger partial charge in [0, 0.05) is 22.8 Å². The van der Waals surface area contributed by atoms with Crippen molar-refractivity contribution in [1.29, 1.82) is 0 Å². The van der Waals surface area contributed by atoms with E-state index in [1.165, 1.54) is 0 Å². The van der Waals surface area contributed by atoms with Gasteiger partial charge < -0.3 is 41.2 Å². The van der Waals surface area contributed by atoms with Crippen LogP contribution >= 0.6 is 12.6 Å². The van der Waals surface area contributed by atoms with E-state index in [0.29, 0.717) is 0 Å². The fourth-order valence-corrected chi connectivity index (χ4v) is 0.876. The molecule has 0 saturated heterocycles. The molecule has 106 valence electrons. The van der Waals surface area contributed by atoms with Crippen molar-refractivity contribution in [1.82, 2.24) is 0 Å². The molecule has 2 aromatic carbocycles. The van der Waals surface area contributed by atoms with E-state index < -0.39 is 12.0 Å². The molecular formula is C13H17FeNO2S-6. The zero-order valence-electron chi connectivity index (χ0n) is 9.79. The van der Waals surface area contributed by atoms with E-state index in [0.717, 1.165) is 0 Å². The molecular weight excluding hydrogens is 290 g/mol. The molecule has 0 amide bonds. The van der Waals surface area contributed by atoms with Gasteiger partial charge in [-0.15, -0.1) is 0 Å². The van der Waals surface area contributed by atoms with Gasteiger partial charge >= 0.3 is 5.97 Å². The van der Waals surface area contributed by atoms with Crippen LogP contribution in [0.3, 0.4) is 0 Å². The van der Waals surface area contributed by atoms with E-state index in [4.69, 9.17) is 10.8 Å². The first-order valence-electron chi connectivity index (χ1n) is 5.11. The fraction of sp³-hybridized carbons (Fsp3) is 0.154. The van der Waals surface area contributed by atoms with Gasteiger partial charge in [-0.2, -0.15) is 30.8 Å². The SMILES string of the molecule is N[C@@H](CS)C(=O)O.[Fe].[cH-]1[cH-][cH-][cH-][cH-]1.c1cc[cH-]c1. The Morgan fingerprint density at radius 3 is 1.67 bits per heavy atom. The van der Waals surface area contributed by atoms with E-state index in [1.54, 1.807) is 0 Å². The Balaban J connectivity index is 0. The van der Waals surface area contributed by atoms with Crippen molar-refractivity contribution in [2.75, 3.05) is 5.75 Å². The predicted molar refractivity (Wildman–Crippen MR) is 73.5 cm³/mol. The van der Waals surface area contributed by atoms with Crippen LogP contribution in [-0.2, 0) is 21.9 Å². The van der Waals surface area contributed by atoms with Crippen LogP contribution in [0.2, 0.25) is 0 Å². The summed E-state index contributed by atoms with van der Waals surface area (Å²) < 4.78 is 0. The smallest absolute Gasteiger partial charge is 0.321 e. The molecule has 0 aliphatic carbocycles. The molecule has 3 nitrogen and oxygen atoms in total. The molecule has 0 spiro atoms. The van der Waals surface area contributed by atoms with E-state index >= 15 is 0 Å². The molecule has 0 aromatic heterocycles. The summed E-state index contributed by atoms with van der Waals surface area (Å²) >= 11 is 3.65. The second-order valence-electron chi connectivity index (χ2n) is 3.05. The molecule has 0 aliphatic rings. The second kappa shape index (κ2) is 14.1. The Morgan fingerprint density at radius 1 is 1.17 bits per heavy atom. The fourth-order valence-electron chi connectivity index (χ4n) is 0.720. The number of thiol groups is 1. The minimum Gasteiger partial charge on any atom is -0.748 e. The zero-order chi connectivity index (χ0) is 12.9. The Kier molecular flexibility index (Phi) is 15.1. The van der Waals surface area contributed by atoms with Crippen molar-refractivity contribution in [3.63, 3.8) is 0 Å². The largest absolute Gasteiger partial charge is 0.748 e. The van der Waals surface area contributed by atoms with E-state index in [9.17, 15) is 4.79 Å². The summed E-state index contributed by atoms with van der Waals surface area (Å²) in [7, 11) is 0. The quantitative estimate of drug-likeness (QED) is 0.452. The van der Waals surface area contributed by atoms with Gasteiger partial charge in [-0.05, 0) is 0 Å². The van der Waals surface area contributed by atoms with Crippen molar-refractivity contribution in [3.8, 4) is 0 Å². The molecule has 0 bridgehead atoms. The van der Waals surface area contributed by atoms with Gasteiger partial charge in [0.05, 0.1) is 0 Å². The summed E-state index contributed by atoms with van der Waals surface area (Å²) in [5.74, 6) is -0.815. The van der Waals surface area contributed by atoms with Crippen molar-refractivity contribution >= 4 is 18.6 Å². The van der Waals surface area contributed by atoms with Gasteiger partial charge in [-0.3, -0.25) is 4.79 Å². The van der Waals surface area contributed by atoms with Crippen molar-refractivity contribution in [3.05, 3.63) is 60.7 Å². The molecule has 5 heteroatoms. The molecule has 2 rings (SSSR count). The molecule has 18 heavy (non-hydrogen) atoms. The van der Waals surface area contributed by atoms with E-state index in [2.05, 4.69) is 12.6 Å². The molecule has 0 aliphatic heterocycles. The first-order valence-corrected chi connectivity index (χ1v) is 5.74. The van der Waals surface area contributed by atoms with Gasteiger partial charge in [0.25, 0.3) is 0 Å². The Bertz CT molecular complexity index is 288. The molecule has 1 atom stereocenters. The Hall–Kier alpha value is -1.00. The third-order valence-electron chi connectivity index (χ3n) is 1.63. The minimum absolute atomic E-state index is 0. The maximum Gasteiger partial charge on any atom is 0.321 e. The van der Waals surface area contributed by atoms with Crippen LogP contribution in [0.1, 0.15) is 0 Å². The van der Waals surface area contributed by atoms with E-state index in [1.807, 2.05) is 60.7 Å². The maximum absolute atomic E-state index is 9.76. The first-order chi connectivity index (χ1) is 8.18. The molecule has 0 fully saturated rings. The molecule has 0 unspecified atom stereocenters. The third kappa shape index (κ3) is 13.1. The normalized spacial score (nSPS) is 9.67. The molecule has 2 aromatic rings. The van der Waals surface area contributed by atoms with Crippen LogP contribution in [0, 0.1) is 0 Å². The van der Waals surface area contributed by atoms with Crippen LogP contribution < -0.4 is 5.73 Å². The predicted octanol–water partition coefficient (Wildman–Crippen LogP) is 2.14. The second-order valence-corrected chi connectivity index (χ2v) is 3.42. The standard InChI is InChI=1S/2C5H5.C3H7NO2S.Fe/c2*1-2-4-5-3-1;4-2(1-7)3(5)6;/h2*1-5H;2,7H,1,4H2,(H,5,6);/q-5;-1;;/t;;2-;/m..0./s1. The third-order valence-corrected chi connectivity index (χ3v) is 2.02. The van der Waals surface area contributed by atoms with Gasteiger partial charge in [-0.1, -0.05) is 0 Å². The van der Waals surface area contributed by atoms with Crippen LogP contribution in [0.5, 0.6) is 0 Å². The first kappa shape index (κ1) is 19.3. The zero-order valence-corrected chi connectivity index (χ0v) is 11.8. The van der Waals surface area contributed by atoms with Crippen molar-refractivity contribution < 1.29 is 27.0 Å². The number of carbonyl (C=O) groups is 1. The van der Waals surface area contributed by atoms with Crippen LogP contribution in [0.4, 0.5) is 0 Å². The number of hydrogen-bond donors (Lipinski definition) is 3. The summed E-state index contributed by atoms with van der Waals surface area (Å²) in [6.45, 7) is 0. The number of rotatable bonds is 2. The van der Waals surface area contributed by atoms with Gasteiger partial charge in [0.2, 0.25) is 0 Å². The van der Waals surface area contributed by atoms with Gasteiger partial charge in [0.15, 0.2) is 0 Å². The summed E-state index contributed by atoms with van der Waals surface area (Å²) in [6.07, 6.45) is 0. The van der Waals surface area contributed by atoms with Crippen molar-refractivity contribution in [2.24, 2.45) is 5.73 Å². The summed E-state index contributed by atoms with van der Waals surface area (Å²) in [5, 5.41) is 8.01. The number of carboxylic acid groups (broad SMARTS) is 1. The summed E-state index contributed by atoms with van der Waals surface area (Å²) in [6, 6.07) is 19.2. The van der Waals surface area contributed by atoms with Gasteiger partial charge in [0.1, 0.15) is 6.04 Å². The minimum atomic E-state index is -1.00. The Labute approximate surface area is 124 Å². The average molecular weight is 307 g/mol. The number of nitrogens with two attached hydrogens (primary N) is 1. The van der Waals surface area contributed by atoms with Gasteiger partial charge in [-0.25, -0.2) is 12.1 Å². The topological polar surface area (TPSA) is 63.3 Å². The van der Waals surface area contributed by atoms with Crippen molar-refractivity contribution in [2.45, 2.75) is 6.04 Å². The number of aliphatic carboxylic acids is 1. The van der Waals surface area contributed by atoms with Crippen LogP contribution in [0.15, 0.2) is 60.7 Å². The average Bonchev–Trinajstić information content (AvgIpc) is 3.04.